The number of amides is 1. The van der Waals surface area contributed by atoms with Crippen LogP contribution in [0.3, 0.4) is 0 Å². The van der Waals surface area contributed by atoms with Crippen LogP contribution in [0.25, 0.3) is 0 Å². The number of likely N-dealkylation sites (tertiary alicyclic amines) is 2. The number of fused-ring (bicyclic) bond motifs is 1. The van der Waals surface area contributed by atoms with E-state index in [0.717, 1.165) is 29.8 Å². The zero-order chi connectivity index (χ0) is 23.2. The minimum atomic E-state index is 0.222. The molecular formula is C31H34N2O2. The van der Waals surface area contributed by atoms with Crippen molar-refractivity contribution in [3.8, 4) is 5.75 Å². The highest BCUT2D eigenvalue weighted by molar-refractivity contribution is 5.95. The number of nitrogens with zero attached hydrogens (tertiary/aromatic N) is 2. The van der Waals surface area contributed by atoms with Gasteiger partial charge in [0, 0.05) is 41.1 Å². The molecule has 35 heavy (non-hydrogen) atoms. The van der Waals surface area contributed by atoms with E-state index in [-0.39, 0.29) is 11.3 Å². The zero-order valence-corrected chi connectivity index (χ0v) is 20.6. The maximum atomic E-state index is 13.7. The Balaban J connectivity index is 1.20. The molecule has 0 N–H and O–H groups in total. The lowest BCUT2D eigenvalue weighted by atomic mass is 9.38. The molecule has 7 unspecified atom stereocenters. The highest BCUT2D eigenvalue weighted by atomic mass is 16.5. The van der Waals surface area contributed by atoms with Crippen LogP contribution in [0.1, 0.15) is 60.0 Å². The van der Waals surface area contributed by atoms with Gasteiger partial charge in [0.25, 0.3) is 5.91 Å². The molecule has 7 bridgehead atoms. The average Bonchev–Trinajstić information content (AvgIpc) is 3.48. The molecule has 6 fully saturated rings. The number of benzene rings is 2. The van der Waals surface area contributed by atoms with E-state index < -0.39 is 0 Å². The van der Waals surface area contributed by atoms with E-state index in [1.807, 2.05) is 37.4 Å². The van der Waals surface area contributed by atoms with Gasteiger partial charge in [-0.2, -0.15) is 0 Å². The zero-order valence-electron chi connectivity index (χ0n) is 20.6. The second-order valence-electron chi connectivity index (χ2n) is 12.9. The molecule has 0 aromatic heterocycles. The van der Waals surface area contributed by atoms with Gasteiger partial charge in [-0.25, -0.2) is 0 Å². The van der Waals surface area contributed by atoms with Crippen LogP contribution in [0.15, 0.2) is 48.5 Å². The lowest BCUT2D eigenvalue weighted by Crippen LogP contribution is -2.75. The summed E-state index contributed by atoms with van der Waals surface area (Å²) in [5.41, 5.74) is 5.02. The Kier molecular flexibility index (Phi) is 3.47. The monoisotopic (exact) mass is 466 g/mol. The average molecular weight is 467 g/mol. The first-order valence-corrected chi connectivity index (χ1v) is 13.9. The maximum absolute atomic E-state index is 13.7. The van der Waals surface area contributed by atoms with Crippen molar-refractivity contribution in [2.24, 2.45) is 22.7 Å². The molecule has 9 rings (SSSR count). The SMILES string of the molecule is COc1ccc2c(c1)C13CCN(C4CCC4)C(C2)C12CC14CN(C(=O)c5ccccc5)C(CC12)C43. The lowest BCUT2D eigenvalue weighted by Gasteiger charge is -2.72. The fourth-order valence-corrected chi connectivity index (χ4v) is 11.5. The summed E-state index contributed by atoms with van der Waals surface area (Å²) in [4.78, 5) is 19.0. The molecule has 2 heterocycles. The lowest BCUT2D eigenvalue weighted by molar-refractivity contribution is -0.191. The third kappa shape index (κ3) is 1.91. The number of carbonyl (C=O) groups excluding carboxylic acids is 1. The number of methoxy groups -OCH3 is 1. The predicted octanol–water partition coefficient (Wildman–Crippen LogP) is 4.67. The molecule has 2 aromatic rings. The molecule has 1 amide bonds. The second-order valence-corrected chi connectivity index (χ2v) is 12.9. The molecule has 4 saturated carbocycles. The molecular weight excluding hydrogens is 432 g/mol. The van der Waals surface area contributed by atoms with Gasteiger partial charge in [-0.05, 0) is 97.7 Å². The van der Waals surface area contributed by atoms with E-state index in [9.17, 15) is 4.79 Å². The Hall–Kier alpha value is -2.33. The van der Waals surface area contributed by atoms with Gasteiger partial charge in [0.1, 0.15) is 5.75 Å². The molecule has 7 atom stereocenters. The summed E-state index contributed by atoms with van der Waals surface area (Å²) in [6.07, 6.45) is 9.27. The Labute approximate surface area is 207 Å². The van der Waals surface area contributed by atoms with E-state index in [1.165, 1.54) is 51.5 Å². The van der Waals surface area contributed by atoms with Crippen molar-refractivity contribution in [1.82, 2.24) is 9.80 Å². The van der Waals surface area contributed by atoms with Crippen LogP contribution < -0.4 is 4.74 Å². The van der Waals surface area contributed by atoms with Gasteiger partial charge in [-0.15, -0.1) is 0 Å². The fourth-order valence-electron chi connectivity index (χ4n) is 11.5. The first-order chi connectivity index (χ1) is 17.1. The van der Waals surface area contributed by atoms with Crippen LogP contribution in [-0.4, -0.2) is 54.0 Å². The van der Waals surface area contributed by atoms with E-state index >= 15 is 0 Å². The van der Waals surface area contributed by atoms with E-state index in [2.05, 4.69) is 28.0 Å². The Morgan fingerprint density at radius 3 is 2.74 bits per heavy atom. The fraction of sp³-hybridized carbons (Fsp3) is 0.581. The Morgan fingerprint density at radius 1 is 1.11 bits per heavy atom. The highest BCUT2D eigenvalue weighted by Crippen LogP contribution is 2.92. The quantitative estimate of drug-likeness (QED) is 0.659. The van der Waals surface area contributed by atoms with Gasteiger partial charge in [0.2, 0.25) is 0 Å². The normalized spacial score (nSPS) is 43.9. The van der Waals surface area contributed by atoms with Crippen LogP contribution in [0.5, 0.6) is 5.75 Å². The second kappa shape index (κ2) is 6.14. The van der Waals surface area contributed by atoms with Gasteiger partial charge < -0.3 is 9.64 Å². The number of carbonyl (C=O) groups is 1. The summed E-state index contributed by atoms with van der Waals surface area (Å²) in [6.45, 7) is 2.23. The number of rotatable bonds is 3. The predicted molar refractivity (Wildman–Crippen MR) is 133 cm³/mol. The molecule has 4 nitrogen and oxygen atoms in total. The summed E-state index contributed by atoms with van der Waals surface area (Å²) >= 11 is 0. The largest absolute Gasteiger partial charge is 0.497 e. The third-order valence-corrected chi connectivity index (χ3v) is 12.4. The van der Waals surface area contributed by atoms with Crippen molar-refractivity contribution in [2.75, 3.05) is 20.2 Å². The van der Waals surface area contributed by atoms with Crippen molar-refractivity contribution in [3.63, 3.8) is 0 Å². The van der Waals surface area contributed by atoms with Crippen LogP contribution >= 0.6 is 0 Å². The number of hydrogen-bond acceptors (Lipinski definition) is 3. The summed E-state index contributed by atoms with van der Waals surface area (Å²) in [7, 11) is 1.81. The summed E-state index contributed by atoms with van der Waals surface area (Å²) in [5.74, 6) is 2.67. The van der Waals surface area contributed by atoms with Gasteiger partial charge >= 0.3 is 0 Å². The minimum Gasteiger partial charge on any atom is -0.497 e. The van der Waals surface area contributed by atoms with E-state index in [1.54, 1.807) is 11.1 Å². The summed E-state index contributed by atoms with van der Waals surface area (Å²) in [5, 5.41) is 0. The number of ether oxygens (including phenoxy) is 1. The molecule has 2 aromatic carbocycles. The molecule has 4 heteroatoms. The van der Waals surface area contributed by atoms with Crippen molar-refractivity contribution in [1.29, 1.82) is 0 Å². The van der Waals surface area contributed by atoms with Crippen molar-refractivity contribution in [2.45, 2.75) is 68.5 Å². The molecule has 2 saturated heterocycles. The molecule has 2 spiro atoms. The molecule has 180 valence electrons. The molecule has 2 aliphatic heterocycles. The Bertz CT molecular complexity index is 1270. The molecule has 0 radical (unpaired) electrons. The third-order valence-electron chi connectivity index (χ3n) is 12.4. The van der Waals surface area contributed by atoms with Crippen molar-refractivity contribution in [3.05, 3.63) is 65.2 Å². The van der Waals surface area contributed by atoms with Gasteiger partial charge in [-0.3, -0.25) is 9.69 Å². The van der Waals surface area contributed by atoms with Gasteiger partial charge in [0.15, 0.2) is 0 Å². The van der Waals surface area contributed by atoms with E-state index in [0.29, 0.717) is 28.8 Å². The van der Waals surface area contributed by atoms with Gasteiger partial charge in [0.05, 0.1) is 7.11 Å². The van der Waals surface area contributed by atoms with Crippen LogP contribution in [0.2, 0.25) is 0 Å². The van der Waals surface area contributed by atoms with E-state index in [4.69, 9.17) is 4.74 Å². The summed E-state index contributed by atoms with van der Waals surface area (Å²) in [6, 6.07) is 18.9. The van der Waals surface area contributed by atoms with Crippen LogP contribution in [-0.2, 0) is 11.8 Å². The van der Waals surface area contributed by atoms with Gasteiger partial charge in [-0.1, -0.05) is 30.7 Å². The maximum Gasteiger partial charge on any atom is 0.254 e. The minimum absolute atomic E-state index is 0.222. The highest BCUT2D eigenvalue weighted by Gasteiger charge is 2.93. The molecule has 5 aliphatic carbocycles. The Morgan fingerprint density at radius 2 is 1.97 bits per heavy atom. The first-order valence-electron chi connectivity index (χ1n) is 13.9. The topological polar surface area (TPSA) is 32.8 Å². The number of piperidine rings is 2. The van der Waals surface area contributed by atoms with Crippen molar-refractivity contribution < 1.29 is 9.53 Å². The van der Waals surface area contributed by atoms with Crippen LogP contribution in [0.4, 0.5) is 0 Å². The number of hydrogen-bond donors (Lipinski definition) is 0. The smallest absolute Gasteiger partial charge is 0.254 e. The first kappa shape index (κ1) is 19.8. The van der Waals surface area contributed by atoms with Crippen molar-refractivity contribution >= 4 is 5.91 Å². The summed E-state index contributed by atoms with van der Waals surface area (Å²) < 4.78 is 5.79. The standard InChI is InChI=1S/C31H34N2O2/c1-35-22-11-10-20-14-26-31-17-29-18-33(28(34)19-6-3-2-4-7-19)24(16-25(29)31)27(29)30(31,23(20)15-22)12-13-32(26)21-8-5-9-21/h2-4,6-7,10-11,15,21,24-27H,5,8-9,12-14,16-18H2,1H3. The van der Waals surface area contributed by atoms with Crippen LogP contribution in [0, 0.1) is 22.7 Å². The molecule has 7 aliphatic rings.